The second-order valence-electron chi connectivity index (χ2n) is 0.877. The normalized spacial score (nSPS) is 11.0. The van der Waals surface area contributed by atoms with Gasteiger partial charge in [-0.2, -0.15) is 0 Å². The summed E-state index contributed by atoms with van der Waals surface area (Å²) < 4.78 is 20.5. The van der Waals surface area contributed by atoms with E-state index in [0.29, 0.717) is 0 Å². The van der Waals surface area contributed by atoms with Crippen LogP contribution in [0.1, 0.15) is 0 Å². The van der Waals surface area contributed by atoms with E-state index < -0.39 is 8.03 Å². The van der Waals surface area contributed by atoms with Gasteiger partial charge in [0.1, 0.15) is 0 Å². The van der Waals surface area contributed by atoms with E-state index in [2.05, 4.69) is 0 Å². The van der Waals surface area contributed by atoms with Gasteiger partial charge in [-0.3, -0.25) is 0 Å². The van der Waals surface area contributed by atoms with E-state index in [1.54, 1.807) is 0 Å². The molecule has 0 radical (unpaired) electrons. The third kappa shape index (κ3) is 10.4. The molecule has 2 nitrogen and oxygen atoms in total. The van der Waals surface area contributed by atoms with Crippen molar-refractivity contribution in [2.45, 2.75) is 0 Å². The molecule has 0 saturated carbocycles. The molecule has 5 heteroatoms. The molecule has 0 heterocycles. The maximum absolute atomic E-state index is 10.9. The average molecular weight is 161 g/mol. The zero-order valence-electron chi connectivity index (χ0n) is 4.50. The van der Waals surface area contributed by atoms with Gasteiger partial charge in [-0.05, 0) is 6.08 Å². The largest absolute Gasteiger partial charge is 1.00 e. The Morgan fingerprint density at radius 1 is 1.75 bits per heavy atom. The van der Waals surface area contributed by atoms with Gasteiger partial charge in [-0.15, -0.1) is 0 Å². The predicted molar refractivity (Wildman–Crippen MR) is 22.7 cm³/mol. The summed E-state index contributed by atoms with van der Waals surface area (Å²) in [6, 6.07) is 0. The third-order valence-electron chi connectivity index (χ3n) is 0.344. The number of rotatable bonds is 2. The van der Waals surface area contributed by atoms with Gasteiger partial charge in [0, 0.05) is 0 Å². The van der Waals surface area contributed by atoms with Crippen molar-refractivity contribution < 1.29 is 65.2 Å². The van der Waals surface area contributed by atoms with E-state index in [1.165, 1.54) is 0 Å². The van der Waals surface area contributed by atoms with E-state index in [-0.39, 0.29) is 63.9 Å². The molecule has 8 heavy (non-hydrogen) atoms. The van der Waals surface area contributed by atoms with E-state index in [1.807, 2.05) is 0 Å². The zero-order valence-corrected chi connectivity index (χ0v) is 8.52. The first kappa shape index (κ1) is 12.1. The van der Waals surface area contributed by atoms with E-state index >= 15 is 0 Å². The Labute approximate surface area is 90.5 Å². The van der Waals surface area contributed by atoms with Gasteiger partial charge in [0.05, 0.1) is 6.33 Å². The molecular formula is C3H4FKO2P+. The van der Waals surface area contributed by atoms with Crippen LogP contribution in [0.15, 0.2) is 12.4 Å². The minimum Gasteiger partial charge on any atom is -0.595 e. The summed E-state index contributed by atoms with van der Waals surface area (Å²) in [5.74, 6) is 0. The molecule has 0 fully saturated rings. The fraction of sp³-hybridized carbons (Fsp3) is 0.333. The van der Waals surface area contributed by atoms with Crippen LogP contribution in [0.4, 0.5) is 4.39 Å². The fourth-order valence-electron chi connectivity index (χ4n) is 0.126. The first-order valence-electron chi connectivity index (χ1n) is 1.64. The Kier molecular flexibility index (Phi) is 12.6. The van der Waals surface area contributed by atoms with Crippen LogP contribution in [0, 0.1) is 0 Å². The van der Waals surface area contributed by atoms with E-state index in [9.17, 15) is 13.8 Å². The molecule has 0 bridgehead atoms. The van der Waals surface area contributed by atoms with E-state index in [4.69, 9.17) is 0 Å². The van der Waals surface area contributed by atoms with Crippen molar-refractivity contribution in [3.8, 4) is 0 Å². The maximum Gasteiger partial charge on any atom is 1.00 e. The molecular weight excluding hydrogens is 157 g/mol. The monoisotopic (exact) mass is 161 g/mol. The Hall–Kier alpha value is 1.37. The van der Waals surface area contributed by atoms with Crippen LogP contribution in [-0.2, 0) is 4.57 Å². The van der Waals surface area contributed by atoms with Crippen LogP contribution in [0.2, 0.25) is 0 Å². The van der Waals surface area contributed by atoms with Gasteiger partial charge in [-0.25, -0.2) is 4.39 Å². The number of allylic oxidation sites excluding steroid dienone is 1. The summed E-state index contributed by atoms with van der Waals surface area (Å²) in [5, 5.41) is 0. The number of hydrogen-bond donors (Lipinski definition) is 0. The first-order valence-corrected chi connectivity index (χ1v) is 3.00. The zero-order chi connectivity index (χ0) is 5.70. The molecule has 0 aliphatic heterocycles. The van der Waals surface area contributed by atoms with Crippen molar-refractivity contribution >= 4 is 8.03 Å². The van der Waals surface area contributed by atoms with Crippen molar-refractivity contribution in [3.05, 3.63) is 12.4 Å². The number of halogens is 1. The van der Waals surface area contributed by atoms with Gasteiger partial charge in [0.25, 0.3) is 0 Å². The van der Waals surface area contributed by atoms with Crippen molar-refractivity contribution in [1.82, 2.24) is 0 Å². The molecule has 0 aromatic carbocycles. The molecule has 0 aromatic heterocycles. The summed E-state index contributed by atoms with van der Waals surface area (Å²) in [7, 11) is -2.43. The van der Waals surface area contributed by atoms with Gasteiger partial charge in [0.2, 0.25) is 0 Å². The van der Waals surface area contributed by atoms with Crippen molar-refractivity contribution in [1.29, 1.82) is 0 Å². The summed E-state index contributed by atoms with van der Waals surface area (Å²) in [6.07, 6.45) is 0.947. The SMILES string of the molecule is O=[P+]([O-])CC=CF.[K+]. The Bertz CT molecular complexity index is 95.3. The van der Waals surface area contributed by atoms with Crippen LogP contribution in [0.25, 0.3) is 0 Å². The fourth-order valence-corrected chi connectivity index (χ4v) is 0.378. The molecule has 0 rings (SSSR count). The molecule has 1 unspecified atom stereocenters. The van der Waals surface area contributed by atoms with Crippen LogP contribution < -0.4 is 56.3 Å². The Balaban J connectivity index is 0. The molecule has 0 spiro atoms. The quantitative estimate of drug-likeness (QED) is 0.334. The molecule has 0 saturated heterocycles. The molecule has 0 amide bonds. The van der Waals surface area contributed by atoms with Gasteiger partial charge in [-0.1, -0.05) is 4.57 Å². The maximum atomic E-state index is 10.9. The average Bonchev–Trinajstić information content (AvgIpc) is 1.61. The standard InChI is InChI=1S/C3H4FO2P.K/c4-2-1-3-7(5)6;/h1-2H,3H2;/q;+1. The second-order valence-corrected chi connectivity index (χ2v) is 1.91. The molecule has 0 aliphatic carbocycles. The van der Waals surface area contributed by atoms with Crippen molar-refractivity contribution in [2.24, 2.45) is 0 Å². The summed E-state index contributed by atoms with van der Waals surface area (Å²) in [5.41, 5.74) is 0. The number of hydrogen-bond acceptors (Lipinski definition) is 2. The Morgan fingerprint density at radius 3 is 2.38 bits per heavy atom. The third-order valence-corrected chi connectivity index (χ3v) is 0.853. The molecule has 0 aromatic rings. The second kappa shape index (κ2) is 8.37. The van der Waals surface area contributed by atoms with Crippen molar-refractivity contribution in [3.63, 3.8) is 0 Å². The molecule has 0 aliphatic rings. The minimum absolute atomic E-state index is 0. The summed E-state index contributed by atoms with van der Waals surface area (Å²) in [6.45, 7) is 0. The van der Waals surface area contributed by atoms with Crippen LogP contribution in [0.3, 0.4) is 0 Å². The van der Waals surface area contributed by atoms with Crippen LogP contribution in [0.5, 0.6) is 0 Å². The minimum atomic E-state index is -2.43. The molecule has 0 N–H and O–H groups in total. The molecule has 40 valence electrons. The smallest absolute Gasteiger partial charge is 0.595 e. The topological polar surface area (TPSA) is 40.1 Å². The first-order chi connectivity index (χ1) is 3.27. The van der Waals surface area contributed by atoms with Gasteiger partial charge >= 0.3 is 59.4 Å². The summed E-state index contributed by atoms with van der Waals surface area (Å²) in [4.78, 5) is 9.58. The molecule has 1 atom stereocenters. The van der Waals surface area contributed by atoms with Crippen LogP contribution in [-0.4, -0.2) is 6.16 Å². The predicted octanol–water partition coefficient (Wildman–Crippen LogP) is -2.42. The summed E-state index contributed by atoms with van der Waals surface area (Å²) >= 11 is 0. The Morgan fingerprint density at radius 2 is 2.25 bits per heavy atom. The van der Waals surface area contributed by atoms with Gasteiger partial charge in [0.15, 0.2) is 6.16 Å². The van der Waals surface area contributed by atoms with Gasteiger partial charge < -0.3 is 4.89 Å². The van der Waals surface area contributed by atoms with E-state index in [0.717, 1.165) is 6.08 Å². The van der Waals surface area contributed by atoms with Crippen LogP contribution >= 0.6 is 8.03 Å². The van der Waals surface area contributed by atoms with Crippen molar-refractivity contribution in [2.75, 3.05) is 6.16 Å².